The van der Waals surface area contributed by atoms with Gasteiger partial charge >= 0.3 is 0 Å². The summed E-state index contributed by atoms with van der Waals surface area (Å²) in [6, 6.07) is 6.96. The van der Waals surface area contributed by atoms with Crippen molar-refractivity contribution in [3.63, 3.8) is 0 Å². The maximum atomic E-state index is 12.9. The van der Waals surface area contributed by atoms with Gasteiger partial charge in [-0.05, 0) is 37.1 Å². The van der Waals surface area contributed by atoms with E-state index in [0.29, 0.717) is 28.8 Å². The smallest absolute Gasteiger partial charge is 0.232 e. The second kappa shape index (κ2) is 7.34. The van der Waals surface area contributed by atoms with Crippen LogP contribution < -0.4 is 26.0 Å². The van der Waals surface area contributed by atoms with E-state index in [9.17, 15) is 9.59 Å². The number of anilines is 4. The van der Waals surface area contributed by atoms with Gasteiger partial charge in [-0.3, -0.25) is 9.59 Å². The number of benzene rings is 1. The van der Waals surface area contributed by atoms with Crippen molar-refractivity contribution in [3.8, 4) is 5.75 Å². The van der Waals surface area contributed by atoms with E-state index in [1.165, 1.54) is 0 Å². The van der Waals surface area contributed by atoms with Gasteiger partial charge in [-0.25, -0.2) is 0 Å². The number of nitrogen functional groups attached to an aromatic ring is 1. The highest BCUT2D eigenvalue weighted by Gasteiger charge is 2.35. The van der Waals surface area contributed by atoms with Crippen molar-refractivity contribution in [3.05, 3.63) is 29.8 Å². The molecular formula is C19H22N6O3. The van der Waals surface area contributed by atoms with E-state index in [1.807, 2.05) is 4.90 Å². The van der Waals surface area contributed by atoms with E-state index < -0.39 is 5.92 Å². The molecule has 0 spiro atoms. The van der Waals surface area contributed by atoms with Gasteiger partial charge in [0.25, 0.3) is 0 Å². The lowest BCUT2D eigenvalue weighted by Gasteiger charge is -2.26. The lowest BCUT2D eigenvalue weighted by atomic mass is 9.92. The van der Waals surface area contributed by atoms with Crippen LogP contribution in [0.3, 0.4) is 0 Å². The van der Waals surface area contributed by atoms with Crippen molar-refractivity contribution >= 4 is 35.1 Å². The molecular weight excluding hydrogens is 360 g/mol. The number of fused-ring (bicyclic) bond motifs is 1. The summed E-state index contributed by atoms with van der Waals surface area (Å²) in [5.74, 6) is 0.372. The van der Waals surface area contributed by atoms with Gasteiger partial charge in [0.2, 0.25) is 17.8 Å². The van der Waals surface area contributed by atoms with Gasteiger partial charge < -0.3 is 26.0 Å². The normalized spacial score (nSPS) is 18.4. The highest BCUT2D eigenvalue weighted by Crippen LogP contribution is 2.37. The number of nitrogens with two attached hydrogens (primary N) is 1. The molecule has 3 heterocycles. The molecule has 0 unspecified atom stereocenters. The van der Waals surface area contributed by atoms with Gasteiger partial charge in [0.1, 0.15) is 17.4 Å². The van der Waals surface area contributed by atoms with Gasteiger partial charge in [-0.2, -0.15) is 9.97 Å². The predicted molar refractivity (Wildman–Crippen MR) is 106 cm³/mol. The third kappa shape index (κ3) is 3.42. The molecule has 2 aromatic rings. The highest BCUT2D eigenvalue weighted by molar-refractivity contribution is 6.05. The van der Waals surface area contributed by atoms with E-state index in [-0.39, 0.29) is 24.1 Å². The van der Waals surface area contributed by atoms with Crippen molar-refractivity contribution in [2.24, 2.45) is 0 Å². The molecule has 9 heteroatoms. The number of methoxy groups -OCH3 is 1. The maximum absolute atomic E-state index is 12.9. The van der Waals surface area contributed by atoms with Gasteiger partial charge in [-0.1, -0.05) is 0 Å². The summed E-state index contributed by atoms with van der Waals surface area (Å²) in [4.78, 5) is 36.0. The van der Waals surface area contributed by atoms with E-state index in [2.05, 4.69) is 20.6 Å². The number of aromatic nitrogens is 2. The minimum absolute atomic E-state index is 0.00832. The van der Waals surface area contributed by atoms with Crippen molar-refractivity contribution in [1.82, 2.24) is 9.97 Å². The molecule has 1 fully saturated rings. The summed E-state index contributed by atoms with van der Waals surface area (Å²) in [5, 5.41) is 5.56. The Morgan fingerprint density at radius 1 is 1.25 bits per heavy atom. The van der Waals surface area contributed by atoms with Gasteiger partial charge in [0.15, 0.2) is 0 Å². The molecule has 1 aromatic heterocycles. The zero-order chi connectivity index (χ0) is 19.7. The third-order valence-electron chi connectivity index (χ3n) is 5.02. The molecule has 0 radical (unpaired) electrons. The van der Waals surface area contributed by atoms with E-state index in [1.54, 1.807) is 31.4 Å². The Kier molecular flexibility index (Phi) is 4.72. The standard InChI is InChI=1S/C19H22N6O3/c1-28-12-6-4-11(5-7-12)21-18(27)13-10-14(26)22-17-15(13)16(20)23-19(24-17)25-8-2-3-9-25/h4-7,13H,2-3,8-10H2,1H3,(H,21,27)(H3,20,22,23,24,26)/t13-/m0/s1. The van der Waals surface area contributed by atoms with Crippen LogP contribution in [0.15, 0.2) is 24.3 Å². The minimum Gasteiger partial charge on any atom is -0.497 e. The van der Waals surface area contributed by atoms with Crippen LogP contribution in [-0.2, 0) is 9.59 Å². The van der Waals surface area contributed by atoms with Crippen LogP contribution in [0.2, 0.25) is 0 Å². The molecule has 0 bridgehead atoms. The fourth-order valence-electron chi connectivity index (χ4n) is 3.57. The lowest BCUT2D eigenvalue weighted by Crippen LogP contribution is -2.33. The first-order valence-corrected chi connectivity index (χ1v) is 9.22. The Balaban J connectivity index is 1.61. The largest absolute Gasteiger partial charge is 0.497 e. The first kappa shape index (κ1) is 18.0. The Morgan fingerprint density at radius 2 is 1.96 bits per heavy atom. The molecule has 0 aliphatic carbocycles. The quantitative estimate of drug-likeness (QED) is 0.736. The second-order valence-corrected chi connectivity index (χ2v) is 6.89. The highest BCUT2D eigenvalue weighted by atomic mass is 16.5. The molecule has 2 aliphatic heterocycles. The number of hydrogen-bond acceptors (Lipinski definition) is 7. The average molecular weight is 382 g/mol. The van der Waals surface area contributed by atoms with Crippen molar-refractivity contribution in [2.75, 3.05) is 41.5 Å². The summed E-state index contributed by atoms with van der Waals surface area (Å²) in [7, 11) is 1.57. The SMILES string of the molecule is COc1ccc(NC(=O)[C@H]2CC(=O)Nc3nc(N4CCCC4)nc(N)c32)cc1. The topological polar surface area (TPSA) is 122 Å². The lowest BCUT2D eigenvalue weighted by molar-refractivity contribution is -0.123. The Hall–Kier alpha value is -3.36. The van der Waals surface area contributed by atoms with Gasteiger partial charge in [0, 0.05) is 25.2 Å². The number of nitrogens with one attached hydrogen (secondary N) is 2. The van der Waals surface area contributed by atoms with E-state index >= 15 is 0 Å². The molecule has 2 amide bonds. The second-order valence-electron chi connectivity index (χ2n) is 6.89. The zero-order valence-corrected chi connectivity index (χ0v) is 15.6. The summed E-state index contributed by atoms with van der Waals surface area (Å²) >= 11 is 0. The van der Waals surface area contributed by atoms with Crippen LogP contribution in [-0.4, -0.2) is 42.0 Å². The van der Waals surface area contributed by atoms with Gasteiger partial charge in [0.05, 0.1) is 18.6 Å². The van der Waals surface area contributed by atoms with Crippen LogP contribution >= 0.6 is 0 Å². The Morgan fingerprint density at radius 3 is 2.64 bits per heavy atom. The average Bonchev–Trinajstić information content (AvgIpc) is 3.22. The van der Waals surface area contributed by atoms with E-state index in [0.717, 1.165) is 25.9 Å². The number of nitrogens with zero attached hydrogens (tertiary/aromatic N) is 3. The fraction of sp³-hybridized carbons (Fsp3) is 0.368. The van der Waals surface area contributed by atoms with Crippen LogP contribution in [0.1, 0.15) is 30.7 Å². The molecule has 28 heavy (non-hydrogen) atoms. The van der Waals surface area contributed by atoms with Crippen LogP contribution in [0.25, 0.3) is 0 Å². The minimum atomic E-state index is -0.751. The Labute approximate surface area is 162 Å². The summed E-state index contributed by atoms with van der Waals surface area (Å²) in [6.45, 7) is 1.71. The molecule has 2 aliphatic rings. The Bertz CT molecular complexity index is 909. The maximum Gasteiger partial charge on any atom is 0.232 e. The zero-order valence-electron chi connectivity index (χ0n) is 15.6. The number of hydrogen-bond donors (Lipinski definition) is 3. The summed E-state index contributed by atoms with van der Waals surface area (Å²) in [5.41, 5.74) is 7.26. The summed E-state index contributed by atoms with van der Waals surface area (Å²) < 4.78 is 5.12. The molecule has 4 N–H and O–H groups in total. The number of amides is 2. The van der Waals surface area contributed by atoms with Crippen LogP contribution in [0.4, 0.5) is 23.3 Å². The predicted octanol–water partition coefficient (Wildman–Crippen LogP) is 1.73. The number of ether oxygens (including phenoxy) is 1. The number of rotatable bonds is 4. The van der Waals surface area contributed by atoms with E-state index in [4.69, 9.17) is 10.5 Å². The molecule has 146 valence electrons. The number of carbonyl (C=O) groups is 2. The van der Waals surface area contributed by atoms with Crippen LogP contribution in [0.5, 0.6) is 5.75 Å². The molecule has 1 saturated heterocycles. The molecule has 0 saturated carbocycles. The molecule has 9 nitrogen and oxygen atoms in total. The fourth-order valence-corrected chi connectivity index (χ4v) is 3.57. The first-order chi connectivity index (χ1) is 13.5. The monoisotopic (exact) mass is 382 g/mol. The van der Waals surface area contributed by atoms with Crippen LogP contribution in [0, 0.1) is 0 Å². The molecule has 1 atom stereocenters. The third-order valence-corrected chi connectivity index (χ3v) is 5.02. The number of carbonyl (C=O) groups excluding carboxylic acids is 2. The van der Waals surface area contributed by atoms with Gasteiger partial charge in [-0.15, -0.1) is 0 Å². The van der Waals surface area contributed by atoms with Crippen molar-refractivity contribution in [1.29, 1.82) is 0 Å². The first-order valence-electron chi connectivity index (χ1n) is 9.22. The van der Waals surface area contributed by atoms with Crippen molar-refractivity contribution in [2.45, 2.75) is 25.2 Å². The summed E-state index contributed by atoms with van der Waals surface area (Å²) in [6.07, 6.45) is 2.13. The van der Waals surface area contributed by atoms with Crippen molar-refractivity contribution < 1.29 is 14.3 Å². The molecule has 1 aromatic carbocycles. The molecule has 4 rings (SSSR count).